The van der Waals surface area contributed by atoms with Crippen molar-refractivity contribution in [1.82, 2.24) is 9.55 Å². The van der Waals surface area contributed by atoms with Crippen molar-refractivity contribution in [2.24, 2.45) is 0 Å². The van der Waals surface area contributed by atoms with Gasteiger partial charge in [0, 0.05) is 16.5 Å². The molecule has 2 atom stereocenters. The number of carbonyl (C=O) groups excluding carboxylic acids is 1. The predicted molar refractivity (Wildman–Crippen MR) is 110 cm³/mol. The lowest BCUT2D eigenvalue weighted by atomic mass is 9.86. The van der Waals surface area contributed by atoms with Gasteiger partial charge in [0.1, 0.15) is 12.4 Å². The quantitative estimate of drug-likeness (QED) is 0.550. The Morgan fingerprint density at radius 1 is 1.37 bits per heavy atom. The first-order valence-electron chi connectivity index (χ1n) is 9.36. The average molecular weight is 473 g/mol. The molecule has 4 heterocycles. The molecule has 2 aliphatic heterocycles. The van der Waals surface area contributed by atoms with Crippen LogP contribution in [0.15, 0.2) is 33.5 Å². The van der Waals surface area contributed by atoms with Crippen molar-refractivity contribution in [2.45, 2.75) is 31.8 Å². The third-order valence-electron chi connectivity index (χ3n) is 5.90. The van der Waals surface area contributed by atoms with Gasteiger partial charge in [-0.05, 0) is 46.6 Å². The number of carbonyl (C=O) groups is 1. The van der Waals surface area contributed by atoms with Crippen molar-refractivity contribution >= 4 is 32.8 Å². The highest BCUT2D eigenvalue weighted by atomic mass is 79.9. The number of halogens is 1. The van der Waals surface area contributed by atoms with Crippen molar-refractivity contribution in [2.75, 3.05) is 7.11 Å². The van der Waals surface area contributed by atoms with E-state index in [4.69, 9.17) is 9.47 Å². The second-order valence-corrected chi connectivity index (χ2v) is 8.13. The van der Waals surface area contributed by atoms with Gasteiger partial charge in [-0.2, -0.15) is 0 Å². The van der Waals surface area contributed by atoms with Crippen LogP contribution in [0.1, 0.15) is 36.3 Å². The molecule has 0 amide bonds. The number of aliphatic hydroxyl groups is 2. The second-order valence-electron chi connectivity index (χ2n) is 7.34. The summed E-state index contributed by atoms with van der Waals surface area (Å²) in [7, 11) is 1.56. The Bertz CT molecular complexity index is 1320. The van der Waals surface area contributed by atoms with Gasteiger partial charge < -0.3 is 19.7 Å². The molecule has 0 bridgehead atoms. The lowest BCUT2D eigenvalue weighted by molar-refractivity contribution is -0.172. The third kappa shape index (κ3) is 2.31. The molecule has 2 N–H and O–H groups in total. The van der Waals surface area contributed by atoms with Gasteiger partial charge >= 0.3 is 5.97 Å². The normalized spacial score (nSPS) is 21.8. The van der Waals surface area contributed by atoms with E-state index in [1.807, 2.05) is 0 Å². The van der Waals surface area contributed by atoms with Crippen molar-refractivity contribution in [3.63, 3.8) is 0 Å². The third-order valence-corrected chi connectivity index (χ3v) is 6.72. The maximum Gasteiger partial charge on any atom is 0.343 e. The van der Waals surface area contributed by atoms with Crippen LogP contribution < -0.4 is 10.3 Å². The zero-order valence-corrected chi connectivity index (χ0v) is 17.7. The molecule has 2 aliphatic rings. The summed E-state index contributed by atoms with van der Waals surface area (Å²) >= 11 is 3.50. The minimum atomic E-state index is -1.91. The van der Waals surface area contributed by atoms with Gasteiger partial charge in [0.25, 0.3) is 5.56 Å². The van der Waals surface area contributed by atoms with Crippen molar-refractivity contribution in [3.8, 4) is 17.1 Å². The van der Waals surface area contributed by atoms with Gasteiger partial charge in [0.2, 0.25) is 0 Å². The number of aliphatic hydroxyl groups excluding tert-OH is 1. The number of rotatable bonds is 2. The molecule has 0 spiro atoms. The van der Waals surface area contributed by atoms with Gasteiger partial charge in [-0.3, -0.25) is 9.36 Å². The first kappa shape index (κ1) is 19.2. The molecule has 0 aliphatic carbocycles. The molecule has 2 aromatic heterocycles. The number of aromatic nitrogens is 2. The minimum Gasteiger partial charge on any atom is -0.496 e. The van der Waals surface area contributed by atoms with E-state index in [1.54, 1.807) is 38.3 Å². The van der Waals surface area contributed by atoms with E-state index in [0.717, 1.165) is 5.39 Å². The van der Waals surface area contributed by atoms with Crippen LogP contribution in [0.25, 0.3) is 22.3 Å². The van der Waals surface area contributed by atoms with E-state index in [0.29, 0.717) is 32.7 Å². The van der Waals surface area contributed by atoms with E-state index in [-0.39, 0.29) is 24.2 Å². The first-order chi connectivity index (χ1) is 14.3. The highest BCUT2D eigenvalue weighted by molar-refractivity contribution is 9.10. The van der Waals surface area contributed by atoms with Crippen LogP contribution in [0.5, 0.6) is 5.75 Å². The molecule has 0 saturated heterocycles. The molecular formula is C21H17BrN2O6. The molecule has 5 rings (SSSR count). The molecule has 154 valence electrons. The Kier molecular flexibility index (Phi) is 4.08. The van der Waals surface area contributed by atoms with E-state index < -0.39 is 23.4 Å². The summed E-state index contributed by atoms with van der Waals surface area (Å²) in [5, 5.41) is 22.6. The molecule has 8 nitrogen and oxygen atoms in total. The molecule has 0 saturated carbocycles. The summed E-state index contributed by atoms with van der Waals surface area (Å²) in [6.45, 7) is 1.39. The Morgan fingerprint density at radius 2 is 2.13 bits per heavy atom. The van der Waals surface area contributed by atoms with Crippen LogP contribution in [0.4, 0.5) is 0 Å². The molecule has 1 aromatic carbocycles. The van der Waals surface area contributed by atoms with Crippen LogP contribution in [0.2, 0.25) is 0 Å². The zero-order valence-electron chi connectivity index (χ0n) is 16.1. The average Bonchev–Trinajstić information content (AvgIpc) is 3.02. The van der Waals surface area contributed by atoms with Crippen LogP contribution >= 0.6 is 15.9 Å². The highest BCUT2D eigenvalue weighted by Crippen LogP contribution is 2.43. The number of hydrogen-bond acceptors (Lipinski definition) is 7. The maximum atomic E-state index is 13.2. The fourth-order valence-corrected chi connectivity index (χ4v) is 4.82. The standard InChI is InChI=1S/C21H17BrN2O6/c1-3-21(28)12-7-14-17-10(6-9-13(23-17)4-5-15(29-2)16(9)22)18(25)24(14)19(26)11(12)8-30-20(21)27/h4-7,18,25,28H,3,8H2,1-2H3/t18?,21-/m0/s1. The SMILES string of the molecule is CC[C@@]1(O)C(=O)OCc2c1cc1n(c2=O)C(O)c2cc3c(Br)c(OC)ccc3nc2-1. The lowest BCUT2D eigenvalue weighted by Gasteiger charge is -2.31. The molecule has 1 unspecified atom stereocenters. The largest absolute Gasteiger partial charge is 0.496 e. The molecule has 0 radical (unpaired) electrons. The van der Waals surface area contributed by atoms with Crippen molar-refractivity contribution < 1.29 is 24.5 Å². The summed E-state index contributed by atoms with van der Waals surface area (Å²) in [6, 6.07) is 6.87. The van der Waals surface area contributed by atoms with E-state index in [9.17, 15) is 19.8 Å². The van der Waals surface area contributed by atoms with Gasteiger partial charge in [0.05, 0.1) is 34.1 Å². The second kappa shape index (κ2) is 6.37. The Labute approximate surface area is 178 Å². The van der Waals surface area contributed by atoms with E-state index >= 15 is 0 Å². The predicted octanol–water partition coefficient (Wildman–Crippen LogP) is 2.34. The van der Waals surface area contributed by atoms with E-state index in [1.165, 1.54) is 4.57 Å². The minimum absolute atomic E-state index is 0.0506. The Balaban J connectivity index is 1.82. The number of ether oxygens (including phenoxy) is 2. The van der Waals surface area contributed by atoms with Crippen LogP contribution in [0, 0.1) is 0 Å². The molecule has 0 fully saturated rings. The molecule has 30 heavy (non-hydrogen) atoms. The summed E-state index contributed by atoms with van der Waals surface area (Å²) in [5.74, 6) is -0.173. The zero-order chi connectivity index (χ0) is 21.4. The van der Waals surface area contributed by atoms with E-state index in [2.05, 4.69) is 20.9 Å². The number of fused-ring (bicyclic) bond motifs is 5. The number of esters is 1. The number of cyclic esters (lactones) is 1. The van der Waals surface area contributed by atoms with Crippen molar-refractivity contribution in [3.05, 3.63) is 55.8 Å². The summed E-state index contributed by atoms with van der Waals surface area (Å²) in [6.07, 6.45) is -1.20. The molecule has 9 heteroatoms. The summed E-state index contributed by atoms with van der Waals surface area (Å²) in [5.41, 5.74) is -0.226. The van der Waals surface area contributed by atoms with Crippen LogP contribution in [-0.4, -0.2) is 32.8 Å². The lowest BCUT2D eigenvalue weighted by Crippen LogP contribution is -2.44. The van der Waals surface area contributed by atoms with Gasteiger partial charge in [-0.25, -0.2) is 9.78 Å². The highest BCUT2D eigenvalue weighted by Gasteiger charge is 2.46. The van der Waals surface area contributed by atoms with Gasteiger partial charge in [-0.15, -0.1) is 0 Å². The van der Waals surface area contributed by atoms with Crippen LogP contribution in [0.3, 0.4) is 0 Å². The topological polar surface area (TPSA) is 111 Å². The monoisotopic (exact) mass is 472 g/mol. The number of methoxy groups -OCH3 is 1. The molecule has 3 aromatic rings. The summed E-state index contributed by atoms with van der Waals surface area (Å²) < 4.78 is 12.3. The smallest absolute Gasteiger partial charge is 0.343 e. The fourth-order valence-electron chi connectivity index (χ4n) is 4.20. The summed E-state index contributed by atoms with van der Waals surface area (Å²) in [4.78, 5) is 30.1. The number of nitrogens with zero attached hydrogens (tertiary/aromatic N) is 2. The number of hydrogen-bond donors (Lipinski definition) is 2. The molecular weight excluding hydrogens is 456 g/mol. The first-order valence-corrected chi connectivity index (χ1v) is 10.1. The van der Waals surface area contributed by atoms with Gasteiger partial charge in [-0.1, -0.05) is 6.92 Å². The van der Waals surface area contributed by atoms with Crippen LogP contribution in [-0.2, 0) is 21.7 Å². The maximum absolute atomic E-state index is 13.2. The number of pyridine rings is 2. The Hall–Kier alpha value is -2.75. The van der Waals surface area contributed by atoms with Gasteiger partial charge in [0.15, 0.2) is 11.8 Å². The fraction of sp³-hybridized carbons (Fsp3) is 0.286. The number of benzene rings is 1. The van der Waals surface area contributed by atoms with Crippen molar-refractivity contribution in [1.29, 1.82) is 0 Å². The Morgan fingerprint density at radius 3 is 2.83 bits per heavy atom.